The highest BCUT2D eigenvalue weighted by Crippen LogP contribution is 2.32. The lowest BCUT2D eigenvalue weighted by atomic mass is 10.0. The summed E-state index contributed by atoms with van der Waals surface area (Å²) in [5.41, 5.74) is -0.225. The standard InChI is InChI=1S/C23H31N5O9S2/c1-12(2)35-8-14(9-36-13(3)4)37-22(32)16-6-7-39(33)21-18(20(31)28(16)21)26-19(30)17(27-34-5)15-10-38-23(25-15)24-11-29/h6,10-14,18,21H,7-9H2,1-5H3,(H,26,30)(H,24,25,29)/t18?,21-,39?/m0/s1. The second-order valence-electron chi connectivity index (χ2n) is 8.90. The number of aromatic nitrogens is 1. The van der Waals surface area contributed by atoms with Gasteiger partial charge < -0.3 is 29.7 Å². The van der Waals surface area contributed by atoms with Crippen LogP contribution in [0.3, 0.4) is 0 Å². The molecule has 0 aliphatic carbocycles. The highest BCUT2D eigenvalue weighted by molar-refractivity contribution is 7.86. The van der Waals surface area contributed by atoms with Crippen LogP contribution < -0.4 is 10.6 Å². The molecule has 0 bridgehead atoms. The first-order valence-electron chi connectivity index (χ1n) is 12.0. The monoisotopic (exact) mass is 585 g/mol. The van der Waals surface area contributed by atoms with E-state index in [4.69, 9.17) is 19.0 Å². The fraction of sp³-hybridized carbons (Fsp3) is 0.565. The van der Waals surface area contributed by atoms with Crippen molar-refractivity contribution in [2.75, 3.05) is 31.4 Å². The molecular formula is C23H31N5O9S2. The Hall–Kier alpha value is -3.21. The zero-order chi connectivity index (χ0) is 28.7. The lowest BCUT2D eigenvalue weighted by molar-refractivity contribution is -0.161. The third-order valence-corrected chi connectivity index (χ3v) is 7.63. The number of esters is 1. The molecule has 1 saturated heterocycles. The highest BCUT2D eigenvalue weighted by Gasteiger charge is 2.56. The molecule has 1 fully saturated rings. The van der Waals surface area contributed by atoms with Crippen LogP contribution in [0.15, 0.2) is 22.3 Å². The van der Waals surface area contributed by atoms with Crippen LogP contribution in [0.4, 0.5) is 5.13 Å². The van der Waals surface area contributed by atoms with E-state index in [0.717, 1.165) is 16.2 Å². The molecule has 3 rings (SSSR count). The van der Waals surface area contributed by atoms with E-state index in [0.29, 0.717) is 6.41 Å². The van der Waals surface area contributed by atoms with E-state index in [-0.39, 0.29) is 53.4 Å². The molecule has 0 spiro atoms. The van der Waals surface area contributed by atoms with Gasteiger partial charge in [-0.2, -0.15) is 0 Å². The van der Waals surface area contributed by atoms with Crippen LogP contribution in [0.25, 0.3) is 0 Å². The average Bonchev–Trinajstić information content (AvgIpc) is 3.35. The van der Waals surface area contributed by atoms with E-state index in [2.05, 4.69) is 20.8 Å². The minimum atomic E-state index is -1.60. The van der Waals surface area contributed by atoms with Crippen molar-refractivity contribution in [1.29, 1.82) is 0 Å². The Morgan fingerprint density at radius 3 is 2.51 bits per heavy atom. The van der Waals surface area contributed by atoms with Crippen LogP contribution in [0.2, 0.25) is 0 Å². The average molecular weight is 586 g/mol. The molecule has 2 N–H and O–H groups in total. The summed E-state index contributed by atoms with van der Waals surface area (Å²) in [6.07, 6.45) is 0.879. The number of nitrogens with zero attached hydrogens (tertiary/aromatic N) is 3. The first kappa shape index (κ1) is 30.3. The molecule has 2 unspecified atom stereocenters. The van der Waals surface area contributed by atoms with Gasteiger partial charge in [0.2, 0.25) is 6.41 Å². The molecule has 14 nitrogen and oxygen atoms in total. The van der Waals surface area contributed by atoms with E-state index in [1.165, 1.54) is 18.6 Å². The number of thiazole rings is 1. The van der Waals surface area contributed by atoms with E-state index in [1.807, 2.05) is 27.7 Å². The van der Waals surface area contributed by atoms with Crippen molar-refractivity contribution in [1.82, 2.24) is 15.2 Å². The second kappa shape index (κ2) is 13.7. The minimum Gasteiger partial charge on any atom is -0.453 e. The van der Waals surface area contributed by atoms with Gasteiger partial charge in [0.15, 0.2) is 10.8 Å². The van der Waals surface area contributed by atoms with E-state index >= 15 is 0 Å². The van der Waals surface area contributed by atoms with Gasteiger partial charge in [0.05, 0.1) is 36.2 Å². The molecule has 0 saturated carbocycles. The first-order valence-corrected chi connectivity index (χ1v) is 14.3. The van der Waals surface area contributed by atoms with Gasteiger partial charge in [0.25, 0.3) is 11.8 Å². The van der Waals surface area contributed by atoms with Crippen LogP contribution in [0.5, 0.6) is 0 Å². The number of anilines is 1. The van der Waals surface area contributed by atoms with Gasteiger partial charge in [-0.3, -0.25) is 23.5 Å². The summed E-state index contributed by atoms with van der Waals surface area (Å²) in [4.78, 5) is 59.7. The van der Waals surface area contributed by atoms with Gasteiger partial charge in [0, 0.05) is 11.1 Å². The summed E-state index contributed by atoms with van der Waals surface area (Å²) in [6, 6.07) is -1.19. The van der Waals surface area contributed by atoms with Gasteiger partial charge in [-0.1, -0.05) is 5.16 Å². The number of oxime groups is 1. The number of hydrogen-bond donors (Lipinski definition) is 2. The summed E-state index contributed by atoms with van der Waals surface area (Å²) in [6.45, 7) is 7.56. The number of ether oxygens (including phenoxy) is 3. The van der Waals surface area contributed by atoms with Gasteiger partial charge in [0.1, 0.15) is 36.0 Å². The van der Waals surface area contributed by atoms with Crippen LogP contribution >= 0.6 is 11.3 Å². The van der Waals surface area contributed by atoms with Crippen LogP contribution in [-0.4, -0.2) is 99.8 Å². The number of nitrogens with one attached hydrogen (secondary N) is 2. The molecule has 1 aromatic rings. The predicted octanol–water partition coefficient (Wildman–Crippen LogP) is 0.123. The number of hydrogen-bond acceptors (Lipinski definition) is 12. The maximum atomic E-state index is 13.1. The molecule has 16 heteroatoms. The fourth-order valence-electron chi connectivity index (χ4n) is 3.59. The molecule has 0 aromatic carbocycles. The molecule has 3 atom stereocenters. The van der Waals surface area contributed by atoms with E-state index in [1.54, 1.807) is 0 Å². The van der Waals surface area contributed by atoms with E-state index in [9.17, 15) is 23.4 Å². The zero-order valence-corrected chi connectivity index (χ0v) is 23.7. The van der Waals surface area contributed by atoms with Crippen molar-refractivity contribution in [2.24, 2.45) is 5.16 Å². The fourth-order valence-corrected chi connectivity index (χ4v) is 5.71. The van der Waals surface area contributed by atoms with Crippen molar-refractivity contribution < 1.29 is 42.4 Å². The van der Waals surface area contributed by atoms with Crippen LogP contribution in [0.1, 0.15) is 33.4 Å². The maximum absolute atomic E-state index is 13.1. The Kier molecular flexibility index (Phi) is 10.7. The maximum Gasteiger partial charge on any atom is 0.355 e. The minimum absolute atomic E-state index is 0.0211. The first-order chi connectivity index (χ1) is 18.6. The second-order valence-corrected chi connectivity index (χ2v) is 11.3. The van der Waals surface area contributed by atoms with Crippen molar-refractivity contribution >= 4 is 57.2 Å². The normalized spacial score (nSPS) is 20.9. The molecule has 0 radical (unpaired) electrons. The number of carbonyl (C=O) groups is 4. The van der Waals surface area contributed by atoms with Crippen LogP contribution in [-0.2, 0) is 49.0 Å². The van der Waals surface area contributed by atoms with Crippen molar-refractivity contribution in [2.45, 2.75) is 57.4 Å². The number of fused-ring (bicyclic) bond motifs is 1. The summed E-state index contributed by atoms with van der Waals surface area (Å²) < 4.78 is 29.5. The molecule has 39 heavy (non-hydrogen) atoms. The number of carbonyl (C=O) groups excluding carboxylic acids is 4. The molecular weight excluding hydrogens is 554 g/mol. The molecule has 3 heterocycles. The number of β-lactam (4-membered cyclic amide) rings is 1. The summed E-state index contributed by atoms with van der Waals surface area (Å²) in [5.74, 6) is -2.27. The molecule has 1 aromatic heterocycles. The Balaban J connectivity index is 1.71. The topological polar surface area (TPSA) is 175 Å². The largest absolute Gasteiger partial charge is 0.453 e. The van der Waals surface area contributed by atoms with Gasteiger partial charge in [-0.05, 0) is 33.8 Å². The Bertz CT molecular complexity index is 1150. The Morgan fingerprint density at radius 2 is 1.92 bits per heavy atom. The Labute approximate surface area is 231 Å². The number of rotatable bonds is 14. The predicted molar refractivity (Wildman–Crippen MR) is 141 cm³/mol. The molecule has 2 aliphatic heterocycles. The van der Waals surface area contributed by atoms with Gasteiger partial charge in [-0.25, -0.2) is 9.78 Å². The van der Waals surface area contributed by atoms with Crippen molar-refractivity contribution in [3.63, 3.8) is 0 Å². The summed E-state index contributed by atoms with van der Waals surface area (Å²) >= 11 is 1.05. The smallest absolute Gasteiger partial charge is 0.355 e. The highest BCUT2D eigenvalue weighted by atomic mass is 32.2. The Morgan fingerprint density at radius 1 is 1.26 bits per heavy atom. The van der Waals surface area contributed by atoms with Gasteiger partial charge >= 0.3 is 5.97 Å². The molecule has 2 aliphatic rings. The zero-order valence-electron chi connectivity index (χ0n) is 22.1. The van der Waals surface area contributed by atoms with Gasteiger partial charge in [-0.15, -0.1) is 11.3 Å². The van der Waals surface area contributed by atoms with Crippen molar-refractivity contribution in [3.05, 3.63) is 22.8 Å². The third kappa shape index (κ3) is 7.46. The summed E-state index contributed by atoms with van der Waals surface area (Å²) in [7, 11) is -0.374. The SMILES string of the molecule is CON=C(C(=O)NC1C(=O)N2C(C(=O)OC(COC(C)C)COC(C)C)=CCS(=O)[C@@H]12)c1csc(NC=O)n1. The summed E-state index contributed by atoms with van der Waals surface area (Å²) in [5, 5.41) is 9.26. The lowest BCUT2D eigenvalue weighted by Crippen LogP contribution is -2.73. The molecule has 214 valence electrons. The van der Waals surface area contributed by atoms with Crippen molar-refractivity contribution in [3.8, 4) is 0 Å². The van der Waals surface area contributed by atoms with Crippen LogP contribution in [0, 0.1) is 0 Å². The third-order valence-electron chi connectivity index (χ3n) is 5.34. The number of amides is 3. The molecule has 3 amide bonds. The quantitative estimate of drug-likeness (QED) is 0.100. The van der Waals surface area contributed by atoms with E-state index < -0.39 is 46.1 Å². The lowest BCUT2D eigenvalue weighted by Gasteiger charge is -2.48.